The van der Waals surface area contributed by atoms with Crippen LogP contribution in [0.2, 0.25) is 0 Å². The zero-order chi connectivity index (χ0) is 29.4. The van der Waals surface area contributed by atoms with E-state index in [0.717, 1.165) is 48.6 Å². The normalized spacial score (nSPS) is 20.0. The fourth-order valence-corrected chi connectivity index (χ4v) is 5.84. The molecule has 1 aromatic carbocycles. The van der Waals surface area contributed by atoms with Gasteiger partial charge in [-0.15, -0.1) is 0 Å². The van der Waals surface area contributed by atoms with E-state index < -0.39 is 54.3 Å². The summed E-state index contributed by atoms with van der Waals surface area (Å²) in [6, 6.07) is 3.22. The SMILES string of the molecule is O=C(O)C[C@H](NC(=O)[C@H](Cc1c[nH]c2ccccc12)NC(=O)[C@@H]1CCCCN1)C(=O)N[C@H](C(=O)O)C1CCCCC1. The molecule has 41 heavy (non-hydrogen) atoms. The minimum absolute atomic E-state index is 0.0928. The summed E-state index contributed by atoms with van der Waals surface area (Å²) in [6.07, 6.45) is 7.52. The number of hydrogen-bond acceptors (Lipinski definition) is 6. The maximum atomic E-state index is 13.6. The Morgan fingerprint density at radius 2 is 1.56 bits per heavy atom. The highest BCUT2D eigenvalue weighted by atomic mass is 16.4. The number of para-hydroxylation sites is 1. The summed E-state index contributed by atoms with van der Waals surface area (Å²) in [4.78, 5) is 66.7. The van der Waals surface area contributed by atoms with Crippen molar-refractivity contribution in [2.45, 2.75) is 88.4 Å². The minimum Gasteiger partial charge on any atom is -0.481 e. The molecule has 7 N–H and O–H groups in total. The molecule has 1 aliphatic carbocycles. The summed E-state index contributed by atoms with van der Waals surface area (Å²) in [5, 5.41) is 31.1. The van der Waals surface area contributed by atoms with Crippen molar-refractivity contribution in [3.63, 3.8) is 0 Å². The van der Waals surface area contributed by atoms with Gasteiger partial charge in [0.2, 0.25) is 17.7 Å². The summed E-state index contributed by atoms with van der Waals surface area (Å²) >= 11 is 0. The van der Waals surface area contributed by atoms with E-state index in [1.165, 1.54) is 0 Å². The number of H-pyrrole nitrogens is 1. The molecule has 0 bridgehead atoms. The van der Waals surface area contributed by atoms with Gasteiger partial charge >= 0.3 is 11.9 Å². The van der Waals surface area contributed by atoms with Crippen LogP contribution in [0.1, 0.15) is 63.4 Å². The molecule has 1 aliphatic heterocycles. The molecule has 2 heterocycles. The average molecular weight is 570 g/mol. The van der Waals surface area contributed by atoms with E-state index >= 15 is 0 Å². The number of nitrogens with one attached hydrogen (secondary N) is 5. The minimum atomic E-state index is -1.53. The molecule has 2 aromatic rings. The van der Waals surface area contributed by atoms with Crippen LogP contribution in [0.3, 0.4) is 0 Å². The maximum absolute atomic E-state index is 13.6. The number of carbonyl (C=O) groups is 5. The molecule has 2 aliphatic rings. The Bertz CT molecular complexity index is 1250. The van der Waals surface area contributed by atoms with Crippen LogP contribution >= 0.6 is 0 Å². The summed E-state index contributed by atoms with van der Waals surface area (Å²) < 4.78 is 0. The first-order chi connectivity index (χ1) is 19.7. The molecule has 0 unspecified atom stereocenters. The molecule has 0 radical (unpaired) electrons. The molecule has 2 fully saturated rings. The van der Waals surface area contributed by atoms with Crippen molar-refractivity contribution < 1.29 is 34.2 Å². The molecule has 12 nitrogen and oxygen atoms in total. The summed E-state index contributed by atoms with van der Waals surface area (Å²) in [5.41, 5.74) is 1.62. The Kier molecular flexibility index (Phi) is 10.3. The average Bonchev–Trinajstić information content (AvgIpc) is 3.38. The molecule has 12 heteroatoms. The smallest absolute Gasteiger partial charge is 0.326 e. The number of aromatic amines is 1. The van der Waals surface area contributed by atoms with Crippen LogP contribution in [0.15, 0.2) is 30.5 Å². The molecule has 4 atom stereocenters. The Hall–Kier alpha value is -3.93. The van der Waals surface area contributed by atoms with Gasteiger partial charge in [-0.25, -0.2) is 4.79 Å². The van der Waals surface area contributed by atoms with E-state index in [-0.39, 0.29) is 18.2 Å². The van der Waals surface area contributed by atoms with Crippen molar-refractivity contribution >= 4 is 40.6 Å². The van der Waals surface area contributed by atoms with Crippen molar-refractivity contribution in [2.75, 3.05) is 6.54 Å². The first kappa shape index (κ1) is 30.0. The Balaban J connectivity index is 1.52. The van der Waals surface area contributed by atoms with Gasteiger partial charge in [-0.1, -0.05) is 43.9 Å². The first-order valence-electron chi connectivity index (χ1n) is 14.4. The van der Waals surface area contributed by atoms with Crippen molar-refractivity contribution in [1.82, 2.24) is 26.3 Å². The van der Waals surface area contributed by atoms with Gasteiger partial charge in [-0.2, -0.15) is 0 Å². The number of aliphatic carboxylic acids is 2. The van der Waals surface area contributed by atoms with Gasteiger partial charge in [0.1, 0.15) is 18.1 Å². The van der Waals surface area contributed by atoms with Crippen LogP contribution < -0.4 is 21.3 Å². The number of amides is 3. The number of benzene rings is 1. The van der Waals surface area contributed by atoms with E-state index in [4.69, 9.17) is 0 Å². The molecule has 1 aromatic heterocycles. The Morgan fingerprint density at radius 1 is 0.854 bits per heavy atom. The number of piperidine rings is 1. The number of aromatic nitrogens is 1. The monoisotopic (exact) mass is 569 g/mol. The number of hydrogen-bond donors (Lipinski definition) is 7. The van der Waals surface area contributed by atoms with Crippen LogP contribution in [0.5, 0.6) is 0 Å². The number of rotatable bonds is 12. The third-order valence-electron chi connectivity index (χ3n) is 8.06. The predicted molar refractivity (Wildman–Crippen MR) is 150 cm³/mol. The molecule has 3 amide bonds. The van der Waals surface area contributed by atoms with Crippen molar-refractivity contribution in [3.05, 3.63) is 36.0 Å². The van der Waals surface area contributed by atoms with Gasteiger partial charge in [-0.05, 0) is 49.8 Å². The van der Waals surface area contributed by atoms with E-state index in [2.05, 4.69) is 26.3 Å². The Labute approximate surface area is 238 Å². The van der Waals surface area contributed by atoms with Gasteiger partial charge in [0.25, 0.3) is 0 Å². The van der Waals surface area contributed by atoms with Gasteiger partial charge in [0.05, 0.1) is 12.5 Å². The lowest BCUT2D eigenvalue weighted by Crippen LogP contribution is -2.59. The van der Waals surface area contributed by atoms with Gasteiger partial charge in [0, 0.05) is 23.5 Å². The molecular weight excluding hydrogens is 530 g/mol. The van der Waals surface area contributed by atoms with Gasteiger partial charge < -0.3 is 36.5 Å². The number of carbonyl (C=O) groups excluding carboxylic acids is 3. The summed E-state index contributed by atoms with van der Waals surface area (Å²) in [6.45, 7) is 0.685. The summed E-state index contributed by atoms with van der Waals surface area (Å²) in [7, 11) is 0. The third-order valence-corrected chi connectivity index (χ3v) is 8.06. The number of fused-ring (bicyclic) bond motifs is 1. The molecule has 4 rings (SSSR count). The maximum Gasteiger partial charge on any atom is 0.326 e. The van der Waals surface area contributed by atoms with Crippen LogP contribution in [-0.4, -0.2) is 75.6 Å². The highest BCUT2D eigenvalue weighted by Crippen LogP contribution is 2.27. The standard InChI is InChI=1S/C29H39N5O7/c35-24(36)15-23(28(39)34-25(29(40)41)17-8-2-1-3-9-17)33-27(38)22(32-26(37)21-12-6-7-13-30-21)14-18-16-31-20-11-5-4-10-19(18)20/h4-5,10-11,16-17,21-23,25,30-31H,1-3,6-9,12-15H2,(H,32,37)(H,33,38)(H,34,39)(H,35,36)(H,40,41)/t21-,22-,23-,25-/m0/s1. The zero-order valence-corrected chi connectivity index (χ0v) is 23.0. The van der Waals surface area contributed by atoms with Crippen molar-refractivity contribution in [2.24, 2.45) is 5.92 Å². The molecule has 0 spiro atoms. The van der Waals surface area contributed by atoms with E-state index in [1.54, 1.807) is 6.20 Å². The predicted octanol–water partition coefficient (Wildman–Crippen LogP) is 1.45. The van der Waals surface area contributed by atoms with E-state index in [1.807, 2.05) is 24.3 Å². The second-order valence-corrected chi connectivity index (χ2v) is 11.0. The number of carboxylic acids is 2. The topological polar surface area (TPSA) is 190 Å². The third kappa shape index (κ3) is 8.06. The fourth-order valence-electron chi connectivity index (χ4n) is 5.84. The van der Waals surface area contributed by atoms with Crippen LogP contribution in [0.25, 0.3) is 10.9 Å². The lowest BCUT2D eigenvalue weighted by molar-refractivity contribution is -0.145. The zero-order valence-electron chi connectivity index (χ0n) is 23.0. The van der Waals surface area contributed by atoms with Crippen LogP contribution in [-0.2, 0) is 30.4 Å². The van der Waals surface area contributed by atoms with Crippen molar-refractivity contribution in [1.29, 1.82) is 0 Å². The first-order valence-corrected chi connectivity index (χ1v) is 14.4. The molecule has 1 saturated heterocycles. The van der Waals surface area contributed by atoms with E-state index in [0.29, 0.717) is 25.8 Å². The second-order valence-electron chi connectivity index (χ2n) is 11.0. The largest absolute Gasteiger partial charge is 0.481 e. The fraction of sp³-hybridized carbons (Fsp3) is 0.552. The van der Waals surface area contributed by atoms with E-state index in [9.17, 15) is 34.2 Å². The highest BCUT2D eigenvalue weighted by molar-refractivity contribution is 5.96. The Morgan fingerprint density at radius 3 is 2.24 bits per heavy atom. The van der Waals surface area contributed by atoms with Crippen LogP contribution in [0.4, 0.5) is 0 Å². The molecule has 222 valence electrons. The lowest BCUT2D eigenvalue weighted by atomic mass is 9.83. The van der Waals surface area contributed by atoms with Gasteiger partial charge in [-0.3, -0.25) is 19.2 Å². The number of carboxylic acid groups (broad SMARTS) is 2. The van der Waals surface area contributed by atoms with Crippen LogP contribution in [0, 0.1) is 5.92 Å². The quantitative estimate of drug-likeness (QED) is 0.200. The lowest BCUT2D eigenvalue weighted by Gasteiger charge is -2.30. The van der Waals surface area contributed by atoms with Gasteiger partial charge in [0.15, 0.2) is 0 Å². The molecule has 1 saturated carbocycles. The van der Waals surface area contributed by atoms with Crippen molar-refractivity contribution in [3.8, 4) is 0 Å². The second kappa shape index (κ2) is 14.1. The highest BCUT2D eigenvalue weighted by Gasteiger charge is 2.35. The summed E-state index contributed by atoms with van der Waals surface area (Å²) in [5.74, 6) is -4.78. The molecular formula is C29H39N5O7.